The summed E-state index contributed by atoms with van der Waals surface area (Å²) in [6.07, 6.45) is -0.559. The summed E-state index contributed by atoms with van der Waals surface area (Å²) in [7, 11) is 0. The molecule has 0 spiro atoms. The van der Waals surface area contributed by atoms with E-state index < -0.39 is 6.10 Å². The second-order valence-corrected chi connectivity index (χ2v) is 6.65. The third-order valence-electron chi connectivity index (χ3n) is 2.73. The molecule has 0 amide bonds. The lowest BCUT2D eigenvalue weighted by Crippen LogP contribution is -2.01. The van der Waals surface area contributed by atoms with E-state index in [-0.39, 0.29) is 0 Å². The summed E-state index contributed by atoms with van der Waals surface area (Å²) in [5.41, 5.74) is 3.20. The molecule has 0 saturated heterocycles. The Morgan fingerprint density at radius 3 is 2.41 bits per heavy atom. The molecular formula is C13H12Br2OS. The number of aliphatic hydroxyl groups excluding tert-OH is 1. The van der Waals surface area contributed by atoms with Gasteiger partial charge >= 0.3 is 0 Å². The fourth-order valence-electron chi connectivity index (χ4n) is 1.74. The first-order valence-electron chi connectivity index (χ1n) is 5.18. The van der Waals surface area contributed by atoms with Crippen molar-refractivity contribution in [1.29, 1.82) is 0 Å². The van der Waals surface area contributed by atoms with Crippen LogP contribution in [0.1, 0.15) is 27.7 Å². The SMILES string of the molecule is Cc1cc(C(O)c2sccc2Br)c(C)cc1Br. The molecule has 90 valence electrons. The van der Waals surface area contributed by atoms with Crippen molar-refractivity contribution in [3.05, 3.63) is 54.1 Å². The number of benzene rings is 1. The minimum atomic E-state index is -0.559. The minimum absolute atomic E-state index is 0.559. The van der Waals surface area contributed by atoms with Crippen LogP contribution in [0.15, 0.2) is 32.5 Å². The van der Waals surface area contributed by atoms with Gasteiger partial charge in [-0.2, -0.15) is 0 Å². The third-order valence-corrected chi connectivity index (χ3v) is 5.51. The van der Waals surface area contributed by atoms with Crippen molar-refractivity contribution >= 4 is 43.2 Å². The molecule has 2 rings (SSSR count). The Labute approximate surface area is 122 Å². The minimum Gasteiger partial charge on any atom is -0.383 e. The Bertz CT molecular complexity index is 548. The standard InChI is InChI=1S/C13H12Br2OS/c1-7-6-11(15)8(2)5-9(7)12(16)13-10(14)3-4-17-13/h3-6,12,16H,1-2H3. The van der Waals surface area contributed by atoms with Crippen LogP contribution < -0.4 is 0 Å². The number of aliphatic hydroxyl groups is 1. The molecule has 1 nitrogen and oxygen atoms in total. The van der Waals surface area contributed by atoms with E-state index in [0.29, 0.717) is 0 Å². The van der Waals surface area contributed by atoms with Crippen LogP contribution in [-0.4, -0.2) is 5.11 Å². The fraction of sp³-hybridized carbons (Fsp3) is 0.231. The smallest absolute Gasteiger partial charge is 0.115 e. The Balaban J connectivity index is 2.48. The van der Waals surface area contributed by atoms with Gasteiger partial charge in [-0.3, -0.25) is 0 Å². The molecule has 0 bridgehead atoms. The fourth-order valence-corrected chi connectivity index (χ4v) is 3.79. The van der Waals surface area contributed by atoms with E-state index in [4.69, 9.17) is 0 Å². The van der Waals surface area contributed by atoms with Gasteiger partial charge in [-0.25, -0.2) is 0 Å². The quantitative estimate of drug-likeness (QED) is 0.785. The van der Waals surface area contributed by atoms with Crippen molar-refractivity contribution in [2.24, 2.45) is 0 Å². The molecule has 2 aromatic rings. The van der Waals surface area contributed by atoms with Gasteiger partial charge in [0, 0.05) is 8.95 Å². The number of halogens is 2. The van der Waals surface area contributed by atoms with E-state index in [9.17, 15) is 5.11 Å². The summed E-state index contributed by atoms with van der Waals surface area (Å²) in [5.74, 6) is 0. The third kappa shape index (κ3) is 2.65. The van der Waals surface area contributed by atoms with Gasteiger partial charge in [0.05, 0.1) is 4.88 Å². The predicted molar refractivity (Wildman–Crippen MR) is 79.7 cm³/mol. The molecule has 1 atom stereocenters. The van der Waals surface area contributed by atoms with Crippen LogP contribution >= 0.6 is 43.2 Å². The molecule has 1 unspecified atom stereocenters. The lowest BCUT2D eigenvalue weighted by molar-refractivity contribution is 0.222. The number of aryl methyl sites for hydroxylation is 2. The second-order valence-electron chi connectivity index (χ2n) is 3.99. The number of hydrogen-bond acceptors (Lipinski definition) is 2. The van der Waals surface area contributed by atoms with E-state index in [2.05, 4.69) is 37.9 Å². The van der Waals surface area contributed by atoms with Crippen molar-refractivity contribution in [2.75, 3.05) is 0 Å². The summed E-state index contributed by atoms with van der Waals surface area (Å²) >= 11 is 8.53. The van der Waals surface area contributed by atoms with Crippen LogP contribution in [0.25, 0.3) is 0 Å². The zero-order valence-electron chi connectivity index (χ0n) is 9.50. The molecular weight excluding hydrogens is 364 g/mol. The molecule has 1 aromatic carbocycles. The number of hydrogen-bond donors (Lipinski definition) is 1. The van der Waals surface area contributed by atoms with Crippen LogP contribution in [0.5, 0.6) is 0 Å². The first-order chi connectivity index (χ1) is 8.00. The molecule has 0 radical (unpaired) electrons. The van der Waals surface area contributed by atoms with Gasteiger partial charge in [-0.15, -0.1) is 11.3 Å². The highest BCUT2D eigenvalue weighted by Gasteiger charge is 2.17. The van der Waals surface area contributed by atoms with Gasteiger partial charge in [-0.1, -0.05) is 22.0 Å². The van der Waals surface area contributed by atoms with E-state index in [1.807, 2.05) is 31.4 Å². The highest BCUT2D eigenvalue weighted by molar-refractivity contribution is 9.10. The van der Waals surface area contributed by atoms with E-state index in [1.54, 1.807) is 11.3 Å². The van der Waals surface area contributed by atoms with Crippen LogP contribution in [0, 0.1) is 13.8 Å². The molecule has 1 aromatic heterocycles. The lowest BCUT2D eigenvalue weighted by atomic mass is 10.00. The van der Waals surface area contributed by atoms with Gasteiger partial charge in [0.25, 0.3) is 0 Å². The predicted octanol–water partition coefficient (Wildman–Crippen LogP) is 4.97. The topological polar surface area (TPSA) is 20.2 Å². The van der Waals surface area contributed by atoms with E-state index >= 15 is 0 Å². The van der Waals surface area contributed by atoms with Gasteiger partial charge < -0.3 is 5.11 Å². The first kappa shape index (κ1) is 13.3. The van der Waals surface area contributed by atoms with Crippen molar-refractivity contribution in [3.8, 4) is 0 Å². The van der Waals surface area contributed by atoms with Crippen molar-refractivity contribution in [1.82, 2.24) is 0 Å². The highest BCUT2D eigenvalue weighted by atomic mass is 79.9. The second kappa shape index (κ2) is 5.22. The van der Waals surface area contributed by atoms with Gasteiger partial charge in [0.2, 0.25) is 0 Å². The maximum atomic E-state index is 10.4. The molecule has 0 aliphatic heterocycles. The molecule has 0 aliphatic carbocycles. The maximum absolute atomic E-state index is 10.4. The van der Waals surface area contributed by atoms with Crippen LogP contribution in [0.2, 0.25) is 0 Å². The number of rotatable bonds is 2. The first-order valence-corrected chi connectivity index (χ1v) is 7.65. The molecule has 0 aliphatic rings. The van der Waals surface area contributed by atoms with Crippen LogP contribution in [0.3, 0.4) is 0 Å². The molecule has 0 saturated carbocycles. The Kier molecular flexibility index (Phi) is 4.08. The van der Waals surface area contributed by atoms with Crippen LogP contribution in [-0.2, 0) is 0 Å². The van der Waals surface area contributed by atoms with Crippen LogP contribution in [0.4, 0.5) is 0 Å². The molecule has 1 N–H and O–H groups in total. The molecule has 17 heavy (non-hydrogen) atoms. The molecule has 0 fully saturated rings. The van der Waals surface area contributed by atoms with E-state index in [1.165, 1.54) is 0 Å². The summed E-state index contributed by atoms with van der Waals surface area (Å²) in [5, 5.41) is 12.4. The zero-order chi connectivity index (χ0) is 12.6. The monoisotopic (exact) mass is 374 g/mol. The Morgan fingerprint density at radius 2 is 1.82 bits per heavy atom. The summed E-state index contributed by atoms with van der Waals surface area (Å²) in [6, 6.07) is 6.05. The summed E-state index contributed by atoms with van der Waals surface area (Å²) in [4.78, 5) is 0.954. The Hall–Kier alpha value is -0.160. The summed E-state index contributed by atoms with van der Waals surface area (Å²) in [6.45, 7) is 4.05. The normalized spacial score (nSPS) is 12.8. The average molecular weight is 376 g/mol. The maximum Gasteiger partial charge on any atom is 0.115 e. The Morgan fingerprint density at radius 1 is 1.12 bits per heavy atom. The van der Waals surface area contributed by atoms with Crippen molar-refractivity contribution in [3.63, 3.8) is 0 Å². The van der Waals surface area contributed by atoms with Crippen molar-refractivity contribution < 1.29 is 5.11 Å². The zero-order valence-corrected chi connectivity index (χ0v) is 13.5. The summed E-state index contributed by atoms with van der Waals surface area (Å²) < 4.78 is 2.05. The largest absolute Gasteiger partial charge is 0.383 e. The van der Waals surface area contributed by atoms with Gasteiger partial charge in [-0.05, 0) is 64.0 Å². The van der Waals surface area contributed by atoms with E-state index in [0.717, 1.165) is 30.5 Å². The molecule has 1 heterocycles. The molecule has 4 heteroatoms. The highest BCUT2D eigenvalue weighted by Crippen LogP contribution is 2.35. The van der Waals surface area contributed by atoms with Crippen molar-refractivity contribution in [2.45, 2.75) is 20.0 Å². The van der Waals surface area contributed by atoms with Gasteiger partial charge in [0.15, 0.2) is 0 Å². The number of thiophene rings is 1. The van der Waals surface area contributed by atoms with Gasteiger partial charge in [0.1, 0.15) is 6.10 Å². The lowest BCUT2D eigenvalue weighted by Gasteiger charge is -2.15. The average Bonchev–Trinajstić information content (AvgIpc) is 2.69.